The summed E-state index contributed by atoms with van der Waals surface area (Å²) < 4.78 is 1.62. The average Bonchev–Trinajstić information content (AvgIpc) is 3.40. The van der Waals surface area contributed by atoms with Gasteiger partial charge in [-0.25, -0.2) is 0 Å². The van der Waals surface area contributed by atoms with Crippen molar-refractivity contribution in [3.63, 3.8) is 0 Å². The summed E-state index contributed by atoms with van der Waals surface area (Å²) in [6.45, 7) is 2.10. The second-order valence-electron chi connectivity index (χ2n) is 8.90. The lowest BCUT2D eigenvalue weighted by atomic mass is 9.94. The number of carbonyl (C=O) groups excluding carboxylic acids is 2. The van der Waals surface area contributed by atoms with Crippen LogP contribution in [0.5, 0.6) is 0 Å². The highest BCUT2D eigenvalue weighted by Crippen LogP contribution is 2.30. The number of benzene rings is 1. The second kappa shape index (κ2) is 8.21. The number of H-pyrrole nitrogens is 1. The number of carbonyl (C=O) groups is 2. The van der Waals surface area contributed by atoms with Crippen molar-refractivity contribution in [2.24, 2.45) is 13.0 Å². The summed E-state index contributed by atoms with van der Waals surface area (Å²) in [6, 6.07) is 6.09. The number of likely N-dealkylation sites (tertiary alicyclic amines) is 1. The number of aryl methyl sites for hydroxylation is 3. The van der Waals surface area contributed by atoms with Crippen LogP contribution in [0.1, 0.15) is 57.7 Å². The zero-order valence-corrected chi connectivity index (χ0v) is 18.0. The number of nitrogens with one attached hydrogen (secondary N) is 2. The summed E-state index contributed by atoms with van der Waals surface area (Å²) in [4.78, 5) is 30.8. The summed E-state index contributed by atoms with van der Waals surface area (Å²) in [6.07, 6.45) is 9.78. The van der Waals surface area contributed by atoms with E-state index in [4.69, 9.17) is 0 Å². The molecule has 7 heteroatoms. The predicted molar refractivity (Wildman–Crippen MR) is 119 cm³/mol. The fraction of sp³-hybridized carbons (Fsp3) is 0.458. The molecule has 1 fully saturated rings. The molecule has 0 unspecified atom stereocenters. The summed E-state index contributed by atoms with van der Waals surface area (Å²) in [7, 11) is 1.80. The number of rotatable bonds is 4. The largest absolute Gasteiger partial charge is 0.358 e. The lowest BCUT2D eigenvalue weighted by molar-refractivity contribution is 0.0684. The van der Waals surface area contributed by atoms with Gasteiger partial charge in [0.05, 0.1) is 11.8 Å². The van der Waals surface area contributed by atoms with Crippen LogP contribution in [0.2, 0.25) is 0 Å². The summed E-state index contributed by atoms with van der Waals surface area (Å²) in [5, 5.41) is 8.26. The van der Waals surface area contributed by atoms with Crippen LogP contribution in [-0.4, -0.2) is 51.1 Å². The van der Waals surface area contributed by atoms with Gasteiger partial charge >= 0.3 is 0 Å². The minimum atomic E-state index is -0.0882. The Hall–Kier alpha value is -3.09. The van der Waals surface area contributed by atoms with E-state index >= 15 is 0 Å². The Morgan fingerprint density at radius 2 is 1.97 bits per heavy atom. The molecule has 31 heavy (non-hydrogen) atoms. The first kappa shape index (κ1) is 19.8. The lowest BCUT2D eigenvalue weighted by Gasteiger charge is -2.32. The fourth-order valence-electron chi connectivity index (χ4n) is 4.94. The zero-order chi connectivity index (χ0) is 21.4. The van der Waals surface area contributed by atoms with Gasteiger partial charge in [0, 0.05) is 55.0 Å². The summed E-state index contributed by atoms with van der Waals surface area (Å²) in [5.41, 5.74) is 5.26. The third kappa shape index (κ3) is 3.96. The van der Waals surface area contributed by atoms with Crippen LogP contribution in [0.25, 0.3) is 10.9 Å². The first-order valence-corrected chi connectivity index (χ1v) is 11.3. The molecule has 1 aliphatic carbocycles. The molecule has 1 aromatic carbocycles. The standard InChI is InChI=1S/C24H29N5O2/c1-28-15-18(14-26-28)23(30)25-13-16-8-10-29(11-9-16)24(31)17-6-7-22-20(12-17)19-4-2-3-5-21(19)27-22/h6-7,12,14-16,27H,2-5,8-11,13H2,1H3,(H,25,30). The monoisotopic (exact) mass is 419 g/mol. The molecule has 0 radical (unpaired) electrons. The molecule has 0 spiro atoms. The van der Waals surface area contributed by atoms with E-state index in [9.17, 15) is 9.59 Å². The molecule has 162 valence electrons. The van der Waals surface area contributed by atoms with Crippen LogP contribution < -0.4 is 5.32 Å². The Morgan fingerprint density at radius 3 is 2.74 bits per heavy atom. The highest BCUT2D eigenvalue weighted by atomic mass is 16.2. The Bertz CT molecular complexity index is 1120. The SMILES string of the molecule is Cn1cc(C(=O)NCC2CCN(C(=O)c3ccc4[nH]c5c(c4c3)CCCC5)CC2)cn1. The number of hydrogen-bond donors (Lipinski definition) is 2. The van der Waals surface area contributed by atoms with Crippen molar-refractivity contribution in [2.75, 3.05) is 19.6 Å². The first-order valence-electron chi connectivity index (χ1n) is 11.3. The zero-order valence-electron chi connectivity index (χ0n) is 18.0. The molecular weight excluding hydrogens is 390 g/mol. The summed E-state index contributed by atoms with van der Waals surface area (Å²) >= 11 is 0. The average molecular weight is 420 g/mol. The van der Waals surface area contributed by atoms with Gasteiger partial charge < -0.3 is 15.2 Å². The van der Waals surface area contributed by atoms with Crippen LogP contribution >= 0.6 is 0 Å². The van der Waals surface area contributed by atoms with Crippen molar-refractivity contribution >= 4 is 22.7 Å². The van der Waals surface area contributed by atoms with Gasteiger partial charge in [0.2, 0.25) is 0 Å². The number of piperidine rings is 1. The van der Waals surface area contributed by atoms with Crippen molar-refractivity contribution in [3.05, 3.63) is 53.0 Å². The number of aromatic nitrogens is 3. The maximum atomic E-state index is 13.1. The molecular formula is C24H29N5O2. The summed E-state index contributed by atoms with van der Waals surface area (Å²) in [5.74, 6) is 0.420. The maximum Gasteiger partial charge on any atom is 0.254 e. The molecule has 2 amide bonds. The molecule has 0 saturated carbocycles. The van der Waals surface area contributed by atoms with Crippen molar-refractivity contribution in [1.82, 2.24) is 25.0 Å². The molecule has 5 rings (SSSR count). The van der Waals surface area contributed by atoms with Gasteiger partial charge in [0.15, 0.2) is 0 Å². The van der Waals surface area contributed by atoms with Crippen LogP contribution in [0.15, 0.2) is 30.6 Å². The molecule has 0 bridgehead atoms. The van der Waals surface area contributed by atoms with Crippen LogP contribution in [0.3, 0.4) is 0 Å². The molecule has 2 aromatic heterocycles. The molecule has 2 aliphatic rings. The molecule has 7 nitrogen and oxygen atoms in total. The Kier molecular flexibility index (Phi) is 5.26. The third-order valence-electron chi connectivity index (χ3n) is 6.77. The van der Waals surface area contributed by atoms with Gasteiger partial charge in [0.25, 0.3) is 11.8 Å². The van der Waals surface area contributed by atoms with Gasteiger partial charge in [-0.05, 0) is 68.2 Å². The Labute approximate surface area is 181 Å². The van der Waals surface area contributed by atoms with Crippen molar-refractivity contribution < 1.29 is 9.59 Å². The normalized spacial score (nSPS) is 17.0. The first-order chi connectivity index (χ1) is 15.1. The van der Waals surface area contributed by atoms with Crippen molar-refractivity contribution in [2.45, 2.75) is 38.5 Å². The van der Waals surface area contributed by atoms with E-state index in [1.165, 1.54) is 29.5 Å². The van der Waals surface area contributed by atoms with E-state index in [0.717, 1.165) is 49.9 Å². The fourth-order valence-corrected chi connectivity index (χ4v) is 4.94. The highest BCUT2D eigenvalue weighted by molar-refractivity contribution is 5.99. The quantitative estimate of drug-likeness (QED) is 0.682. The van der Waals surface area contributed by atoms with Crippen molar-refractivity contribution in [3.8, 4) is 0 Å². The molecule has 3 heterocycles. The predicted octanol–water partition coefficient (Wildman–Crippen LogP) is 3.06. The minimum absolute atomic E-state index is 0.0882. The van der Waals surface area contributed by atoms with E-state index in [-0.39, 0.29) is 11.8 Å². The van der Waals surface area contributed by atoms with Gasteiger partial charge in [-0.1, -0.05) is 0 Å². The molecule has 2 N–H and O–H groups in total. The van der Waals surface area contributed by atoms with Crippen molar-refractivity contribution in [1.29, 1.82) is 0 Å². The third-order valence-corrected chi connectivity index (χ3v) is 6.77. The second-order valence-corrected chi connectivity index (χ2v) is 8.90. The van der Waals surface area contributed by atoms with E-state index in [0.29, 0.717) is 18.0 Å². The topological polar surface area (TPSA) is 83.0 Å². The molecule has 3 aromatic rings. The van der Waals surface area contributed by atoms with E-state index < -0.39 is 0 Å². The Morgan fingerprint density at radius 1 is 1.16 bits per heavy atom. The van der Waals surface area contributed by atoms with E-state index in [2.05, 4.69) is 27.5 Å². The van der Waals surface area contributed by atoms with Gasteiger partial charge in [-0.3, -0.25) is 14.3 Å². The van der Waals surface area contributed by atoms with E-state index in [1.807, 2.05) is 11.0 Å². The molecule has 1 saturated heterocycles. The number of amides is 2. The van der Waals surface area contributed by atoms with Crippen LogP contribution in [-0.2, 0) is 19.9 Å². The van der Waals surface area contributed by atoms with Gasteiger partial charge in [-0.2, -0.15) is 5.10 Å². The maximum absolute atomic E-state index is 13.1. The van der Waals surface area contributed by atoms with Gasteiger partial charge in [0.1, 0.15) is 0 Å². The van der Waals surface area contributed by atoms with Gasteiger partial charge in [-0.15, -0.1) is 0 Å². The molecule has 0 atom stereocenters. The number of hydrogen-bond acceptors (Lipinski definition) is 3. The molecule has 1 aliphatic heterocycles. The minimum Gasteiger partial charge on any atom is -0.358 e. The smallest absolute Gasteiger partial charge is 0.254 e. The van der Waals surface area contributed by atoms with Crippen LogP contribution in [0.4, 0.5) is 0 Å². The highest BCUT2D eigenvalue weighted by Gasteiger charge is 2.25. The number of nitrogens with zero attached hydrogens (tertiary/aromatic N) is 3. The Balaban J connectivity index is 1.18. The number of aromatic amines is 1. The van der Waals surface area contributed by atoms with Crippen LogP contribution in [0, 0.1) is 5.92 Å². The number of fused-ring (bicyclic) bond motifs is 3. The van der Waals surface area contributed by atoms with E-state index in [1.54, 1.807) is 24.1 Å². The lowest BCUT2D eigenvalue weighted by Crippen LogP contribution is -2.41.